The largest absolute Gasteiger partial charge is 0.362 e. The fourth-order valence-corrected chi connectivity index (χ4v) is 5.36. The molecule has 1 aliphatic heterocycles. The highest BCUT2D eigenvalue weighted by molar-refractivity contribution is 5.89. The fourth-order valence-electron chi connectivity index (χ4n) is 5.36. The van der Waals surface area contributed by atoms with E-state index in [0.29, 0.717) is 29.8 Å². The maximum Gasteiger partial charge on any atom is 0.270 e. The van der Waals surface area contributed by atoms with Crippen LogP contribution in [0.4, 0.5) is 20.3 Å². The Morgan fingerprint density at radius 2 is 1.68 bits per heavy atom. The molecule has 188 valence electrons. The first-order valence-corrected chi connectivity index (χ1v) is 12.2. The molecule has 3 heterocycles. The third-order valence-corrected chi connectivity index (χ3v) is 7.23. The second kappa shape index (κ2) is 9.75. The van der Waals surface area contributed by atoms with E-state index in [2.05, 4.69) is 19.6 Å². The molecular weight excluding hydrogens is 472 g/mol. The van der Waals surface area contributed by atoms with Gasteiger partial charge in [-0.3, -0.25) is 9.69 Å². The van der Waals surface area contributed by atoms with Gasteiger partial charge in [0.05, 0.1) is 17.2 Å². The summed E-state index contributed by atoms with van der Waals surface area (Å²) in [5.74, 6) is -0.903. The molecule has 0 radical (unpaired) electrons. The zero-order valence-corrected chi connectivity index (χ0v) is 20.9. The number of benzene rings is 2. The van der Waals surface area contributed by atoms with Crippen LogP contribution in [-0.4, -0.2) is 39.6 Å². The van der Waals surface area contributed by atoms with E-state index in [1.807, 2.05) is 44.2 Å². The van der Waals surface area contributed by atoms with E-state index >= 15 is 8.78 Å². The third kappa shape index (κ3) is 4.36. The van der Waals surface area contributed by atoms with E-state index < -0.39 is 17.7 Å². The van der Waals surface area contributed by atoms with E-state index in [1.54, 1.807) is 25.2 Å². The Morgan fingerprint density at radius 3 is 2.35 bits per heavy atom. The monoisotopic (exact) mass is 499 g/mol. The van der Waals surface area contributed by atoms with Crippen LogP contribution in [0.2, 0.25) is 0 Å². The minimum absolute atomic E-state index is 0.0311. The average Bonchev–Trinajstić information content (AvgIpc) is 2.90. The molecule has 1 unspecified atom stereocenters. The number of halogens is 2. The standard InChI is InChI=1S/C29H27F2N5O/c1-18-17-36(29(20-9-6-5-7-10-20)27-21(30)11-8-12-22(27)31)19(2)16-35(18)24-15-26(37)34(4)23-13-14-25(32-3)33-28(23)24/h5-15,18-19,29H,16-17H2,1-2,4H3/t18-,19+,29?/m0/s1. The maximum absolute atomic E-state index is 15.1. The molecule has 1 aliphatic rings. The molecule has 8 heteroatoms. The number of rotatable bonds is 4. The van der Waals surface area contributed by atoms with Crippen molar-refractivity contribution in [3.8, 4) is 0 Å². The quantitative estimate of drug-likeness (QED) is 0.350. The molecule has 6 nitrogen and oxygen atoms in total. The van der Waals surface area contributed by atoms with Gasteiger partial charge in [0.25, 0.3) is 11.4 Å². The van der Waals surface area contributed by atoms with Crippen molar-refractivity contribution in [2.45, 2.75) is 32.0 Å². The lowest BCUT2D eigenvalue weighted by Crippen LogP contribution is -2.57. The van der Waals surface area contributed by atoms with Crippen LogP contribution in [0.1, 0.15) is 31.0 Å². The van der Waals surface area contributed by atoms with Gasteiger partial charge < -0.3 is 14.3 Å². The topological polar surface area (TPSA) is 45.7 Å². The summed E-state index contributed by atoms with van der Waals surface area (Å²) in [7, 11) is 1.69. The minimum Gasteiger partial charge on any atom is -0.362 e. The van der Waals surface area contributed by atoms with Gasteiger partial charge >= 0.3 is 0 Å². The summed E-state index contributed by atoms with van der Waals surface area (Å²) in [6.07, 6.45) is 0. The SMILES string of the molecule is [C-]#[N+]c1ccc2c(n1)c(N1C[C@@H](C)N(C(c3ccccc3)c3c(F)cccc3F)C[C@@H]1C)cc(=O)n2C. The van der Waals surface area contributed by atoms with Crippen molar-refractivity contribution in [3.05, 3.63) is 111 Å². The molecule has 3 atom stereocenters. The van der Waals surface area contributed by atoms with E-state index in [9.17, 15) is 4.79 Å². The summed E-state index contributed by atoms with van der Waals surface area (Å²) in [6.45, 7) is 12.4. The highest BCUT2D eigenvalue weighted by atomic mass is 19.1. The van der Waals surface area contributed by atoms with Crippen molar-refractivity contribution in [2.75, 3.05) is 18.0 Å². The summed E-state index contributed by atoms with van der Waals surface area (Å²) in [5.41, 5.74) is 2.56. The number of fused-ring (bicyclic) bond motifs is 1. The smallest absolute Gasteiger partial charge is 0.270 e. The fraction of sp³-hybridized carbons (Fsp3) is 0.276. The minimum atomic E-state index is -0.616. The molecule has 5 rings (SSSR count). The summed E-state index contributed by atoms with van der Waals surface area (Å²) in [6, 6.07) is 17.5. The van der Waals surface area contributed by atoms with E-state index in [1.165, 1.54) is 22.8 Å². The zero-order chi connectivity index (χ0) is 26.3. The molecule has 2 aromatic carbocycles. The van der Waals surface area contributed by atoms with Gasteiger partial charge in [0.1, 0.15) is 11.6 Å². The van der Waals surface area contributed by atoms with Gasteiger partial charge in [0, 0.05) is 43.9 Å². The summed E-state index contributed by atoms with van der Waals surface area (Å²) in [5, 5.41) is 0. The van der Waals surface area contributed by atoms with E-state index in [4.69, 9.17) is 6.57 Å². The first kappa shape index (κ1) is 24.6. The van der Waals surface area contributed by atoms with Gasteiger partial charge in [-0.25, -0.2) is 8.78 Å². The predicted molar refractivity (Wildman–Crippen MR) is 141 cm³/mol. The van der Waals surface area contributed by atoms with Crippen molar-refractivity contribution in [1.29, 1.82) is 0 Å². The van der Waals surface area contributed by atoms with Crippen molar-refractivity contribution in [1.82, 2.24) is 14.5 Å². The number of pyridine rings is 2. The van der Waals surface area contributed by atoms with Crippen LogP contribution in [0.5, 0.6) is 0 Å². The van der Waals surface area contributed by atoms with Crippen molar-refractivity contribution in [2.24, 2.45) is 7.05 Å². The van der Waals surface area contributed by atoms with Crippen LogP contribution < -0.4 is 10.5 Å². The summed E-state index contributed by atoms with van der Waals surface area (Å²) >= 11 is 0. The zero-order valence-electron chi connectivity index (χ0n) is 20.9. The van der Waals surface area contributed by atoms with Crippen LogP contribution >= 0.6 is 0 Å². The highest BCUT2D eigenvalue weighted by Gasteiger charge is 2.38. The van der Waals surface area contributed by atoms with Crippen LogP contribution in [0.15, 0.2) is 71.5 Å². The molecule has 2 aromatic heterocycles. The van der Waals surface area contributed by atoms with Gasteiger partial charge in [0.2, 0.25) is 5.52 Å². The predicted octanol–water partition coefficient (Wildman–Crippen LogP) is 5.45. The van der Waals surface area contributed by atoms with Gasteiger partial charge in [-0.15, -0.1) is 4.98 Å². The number of nitrogens with zero attached hydrogens (tertiary/aromatic N) is 5. The molecule has 0 saturated carbocycles. The lowest BCUT2D eigenvalue weighted by Gasteiger charge is -2.48. The Bertz CT molecular complexity index is 1540. The van der Waals surface area contributed by atoms with E-state index in [0.717, 1.165) is 5.56 Å². The van der Waals surface area contributed by atoms with Crippen LogP contribution in [0.3, 0.4) is 0 Å². The van der Waals surface area contributed by atoms with Crippen molar-refractivity contribution in [3.63, 3.8) is 0 Å². The van der Waals surface area contributed by atoms with Gasteiger partial charge in [-0.1, -0.05) is 43.0 Å². The molecule has 0 N–H and O–H groups in total. The number of anilines is 1. The summed E-state index contributed by atoms with van der Waals surface area (Å²) in [4.78, 5) is 25.1. The van der Waals surface area contributed by atoms with Crippen LogP contribution in [0, 0.1) is 18.2 Å². The second-order valence-corrected chi connectivity index (χ2v) is 9.57. The Balaban J connectivity index is 1.58. The lowest BCUT2D eigenvalue weighted by molar-refractivity contribution is 0.126. The van der Waals surface area contributed by atoms with Gasteiger partial charge in [-0.05, 0) is 43.7 Å². The van der Waals surface area contributed by atoms with Crippen LogP contribution in [0.25, 0.3) is 15.9 Å². The van der Waals surface area contributed by atoms with E-state index in [-0.39, 0.29) is 29.0 Å². The van der Waals surface area contributed by atoms with Crippen LogP contribution in [-0.2, 0) is 7.05 Å². The normalized spacial score (nSPS) is 19.1. The second-order valence-electron chi connectivity index (χ2n) is 9.57. The molecular formula is C29H27F2N5O. The van der Waals surface area contributed by atoms with Gasteiger partial charge in [-0.2, -0.15) is 0 Å². The highest BCUT2D eigenvalue weighted by Crippen LogP contribution is 2.37. The third-order valence-electron chi connectivity index (χ3n) is 7.23. The van der Waals surface area contributed by atoms with Crippen molar-refractivity contribution >= 4 is 22.5 Å². The Labute approximate surface area is 214 Å². The molecule has 1 saturated heterocycles. The average molecular weight is 500 g/mol. The maximum atomic E-state index is 15.1. The molecule has 0 aliphatic carbocycles. The number of hydrogen-bond donors (Lipinski definition) is 0. The molecule has 0 amide bonds. The molecule has 1 fully saturated rings. The molecule has 0 bridgehead atoms. The number of aromatic nitrogens is 2. The molecule has 0 spiro atoms. The Hall–Kier alpha value is -4.09. The number of piperazine rings is 1. The number of hydrogen-bond acceptors (Lipinski definition) is 4. The lowest BCUT2D eigenvalue weighted by atomic mass is 9.92. The Morgan fingerprint density at radius 1 is 0.973 bits per heavy atom. The van der Waals surface area contributed by atoms with Crippen molar-refractivity contribution < 1.29 is 8.78 Å². The first-order chi connectivity index (χ1) is 17.8. The van der Waals surface area contributed by atoms with Gasteiger partial charge in [0.15, 0.2) is 0 Å². The molecule has 4 aromatic rings. The Kier molecular flexibility index (Phi) is 6.48. The number of aryl methyl sites for hydroxylation is 1. The first-order valence-electron chi connectivity index (χ1n) is 12.2. The molecule has 37 heavy (non-hydrogen) atoms. The summed E-state index contributed by atoms with van der Waals surface area (Å²) < 4.78 is 31.7.